The number of phenols is 2. The van der Waals surface area contributed by atoms with Crippen molar-refractivity contribution in [1.82, 2.24) is 10.6 Å². The topological polar surface area (TPSA) is 64.5 Å². The zero-order valence-corrected chi connectivity index (χ0v) is 17.9. The molecule has 0 fully saturated rings. The molecule has 0 aromatic heterocycles. The summed E-state index contributed by atoms with van der Waals surface area (Å²) in [7, 11) is 0. The molecule has 2 atom stereocenters. The van der Waals surface area contributed by atoms with E-state index in [1.165, 1.54) is 0 Å². The van der Waals surface area contributed by atoms with Gasteiger partial charge in [0.25, 0.3) is 0 Å². The molecule has 0 aliphatic rings. The van der Waals surface area contributed by atoms with Crippen LogP contribution in [0.25, 0.3) is 0 Å². The van der Waals surface area contributed by atoms with Gasteiger partial charge in [0.2, 0.25) is 0 Å². The van der Waals surface area contributed by atoms with Crippen LogP contribution in [0.15, 0.2) is 109 Å². The predicted molar refractivity (Wildman–Crippen MR) is 128 cm³/mol. The highest BCUT2D eigenvalue weighted by Gasteiger charge is 2.24. The Balaban J connectivity index is 1.65. The summed E-state index contributed by atoms with van der Waals surface area (Å²) in [5.74, 6) is 0.565. The van der Waals surface area contributed by atoms with Crippen molar-refractivity contribution in [2.75, 3.05) is 0 Å². The fourth-order valence-electron chi connectivity index (χ4n) is 3.94. The number of phenolic OH excluding ortho intramolecular Hbond substituents is 2. The van der Waals surface area contributed by atoms with Gasteiger partial charge >= 0.3 is 0 Å². The van der Waals surface area contributed by atoms with Crippen molar-refractivity contribution < 1.29 is 10.2 Å². The fraction of sp³-hybridized carbons (Fsp3) is 0.143. The number of benzene rings is 4. The largest absolute Gasteiger partial charge is 0.508 e. The normalized spacial score (nSPS) is 12.9. The number of nitrogens with one attached hydrogen (secondary N) is 2. The Morgan fingerprint density at radius 1 is 0.469 bits per heavy atom. The van der Waals surface area contributed by atoms with Crippen LogP contribution in [0, 0.1) is 0 Å². The zero-order chi connectivity index (χ0) is 22.2. The Kier molecular flexibility index (Phi) is 7.18. The monoisotopic (exact) mass is 424 g/mol. The third-order valence-corrected chi connectivity index (χ3v) is 5.66. The minimum absolute atomic E-state index is 0.0657. The van der Waals surface area contributed by atoms with Crippen LogP contribution in [0.2, 0.25) is 0 Å². The van der Waals surface area contributed by atoms with Crippen LogP contribution in [-0.2, 0) is 13.1 Å². The van der Waals surface area contributed by atoms with E-state index in [0.717, 1.165) is 22.3 Å². The van der Waals surface area contributed by atoms with Gasteiger partial charge in [0, 0.05) is 24.2 Å². The fourth-order valence-corrected chi connectivity index (χ4v) is 3.94. The maximum atomic E-state index is 10.2. The first kappa shape index (κ1) is 21.6. The minimum Gasteiger partial charge on any atom is -0.508 e. The van der Waals surface area contributed by atoms with Crippen molar-refractivity contribution in [2.24, 2.45) is 0 Å². The average Bonchev–Trinajstić information content (AvgIpc) is 2.84. The molecule has 0 bridgehead atoms. The molecule has 0 radical (unpaired) electrons. The van der Waals surface area contributed by atoms with Crippen molar-refractivity contribution in [3.8, 4) is 11.5 Å². The second-order valence-corrected chi connectivity index (χ2v) is 7.80. The number of para-hydroxylation sites is 2. The molecule has 162 valence electrons. The molecule has 0 amide bonds. The molecule has 32 heavy (non-hydrogen) atoms. The summed E-state index contributed by atoms with van der Waals surface area (Å²) in [5, 5.41) is 27.8. The molecule has 0 spiro atoms. The van der Waals surface area contributed by atoms with E-state index in [0.29, 0.717) is 13.1 Å². The van der Waals surface area contributed by atoms with Crippen LogP contribution >= 0.6 is 0 Å². The van der Waals surface area contributed by atoms with Crippen LogP contribution in [-0.4, -0.2) is 10.2 Å². The first-order valence-electron chi connectivity index (χ1n) is 10.8. The summed E-state index contributed by atoms with van der Waals surface area (Å²) in [6, 6.07) is 35.3. The summed E-state index contributed by atoms with van der Waals surface area (Å²) in [4.78, 5) is 0. The summed E-state index contributed by atoms with van der Waals surface area (Å²) in [5.41, 5.74) is 3.98. The van der Waals surface area contributed by atoms with E-state index in [1.54, 1.807) is 12.1 Å². The standard InChI is InChI=1S/C28H28N2O2/c31-25-17-9-7-15-23(25)19-29-27(21-11-3-1-4-12-21)28(22-13-5-2-6-14-22)30-20-24-16-8-10-18-26(24)32/h1-18,27-32H,19-20H2/t27-,28-/m1/s1. The third-order valence-electron chi connectivity index (χ3n) is 5.66. The molecular formula is C28H28N2O2. The second kappa shape index (κ2) is 10.6. The average molecular weight is 425 g/mol. The molecule has 4 aromatic carbocycles. The van der Waals surface area contributed by atoms with Gasteiger partial charge < -0.3 is 20.8 Å². The molecule has 4 rings (SSSR count). The predicted octanol–water partition coefficient (Wildman–Crippen LogP) is 5.46. The first-order chi connectivity index (χ1) is 15.7. The van der Waals surface area contributed by atoms with Crippen molar-refractivity contribution in [3.05, 3.63) is 131 Å². The molecule has 0 aliphatic carbocycles. The summed E-state index contributed by atoms with van der Waals surface area (Å²) >= 11 is 0. The van der Waals surface area contributed by atoms with Gasteiger partial charge in [-0.25, -0.2) is 0 Å². The van der Waals surface area contributed by atoms with E-state index in [4.69, 9.17) is 0 Å². The summed E-state index contributed by atoms with van der Waals surface area (Å²) in [6.07, 6.45) is 0. The molecule has 4 N–H and O–H groups in total. The van der Waals surface area contributed by atoms with Crippen LogP contribution in [0.3, 0.4) is 0 Å². The molecular weight excluding hydrogens is 396 g/mol. The molecule has 0 aliphatic heterocycles. The van der Waals surface area contributed by atoms with Gasteiger partial charge in [-0.05, 0) is 23.3 Å². The third kappa shape index (κ3) is 5.35. The van der Waals surface area contributed by atoms with Gasteiger partial charge in [0.05, 0.1) is 12.1 Å². The lowest BCUT2D eigenvalue weighted by Crippen LogP contribution is -2.35. The maximum Gasteiger partial charge on any atom is 0.120 e. The smallest absolute Gasteiger partial charge is 0.120 e. The SMILES string of the molecule is Oc1ccccc1CN[C@H](c1ccccc1)[C@H](NCc1ccccc1O)c1ccccc1. The van der Waals surface area contributed by atoms with Crippen LogP contribution < -0.4 is 10.6 Å². The Labute approximate surface area is 189 Å². The zero-order valence-electron chi connectivity index (χ0n) is 17.9. The Bertz CT molecular complexity index is 1030. The van der Waals surface area contributed by atoms with E-state index >= 15 is 0 Å². The van der Waals surface area contributed by atoms with E-state index in [2.05, 4.69) is 34.9 Å². The molecule has 0 saturated carbocycles. The molecule has 4 nitrogen and oxygen atoms in total. The van der Waals surface area contributed by atoms with E-state index in [1.807, 2.05) is 72.8 Å². The van der Waals surface area contributed by atoms with E-state index in [9.17, 15) is 10.2 Å². The highest BCUT2D eigenvalue weighted by molar-refractivity contribution is 5.34. The quantitative estimate of drug-likeness (QED) is 0.288. The lowest BCUT2D eigenvalue weighted by Gasteiger charge is -2.30. The molecule has 4 aromatic rings. The molecule has 0 unspecified atom stereocenters. The highest BCUT2D eigenvalue weighted by Crippen LogP contribution is 2.31. The molecule has 4 heteroatoms. The van der Waals surface area contributed by atoms with Crippen LogP contribution in [0.1, 0.15) is 34.3 Å². The van der Waals surface area contributed by atoms with Crippen LogP contribution in [0.5, 0.6) is 11.5 Å². The van der Waals surface area contributed by atoms with Crippen molar-refractivity contribution in [1.29, 1.82) is 0 Å². The Morgan fingerprint density at radius 2 is 0.812 bits per heavy atom. The van der Waals surface area contributed by atoms with Crippen molar-refractivity contribution in [2.45, 2.75) is 25.2 Å². The first-order valence-corrected chi connectivity index (χ1v) is 10.8. The molecule has 0 saturated heterocycles. The number of rotatable bonds is 9. The maximum absolute atomic E-state index is 10.2. The van der Waals surface area contributed by atoms with Gasteiger partial charge in [0.15, 0.2) is 0 Å². The van der Waals surface area contributed by atoms with Gasteiger partial charge in [0.1, 0.15) is 11.5 Å². The summed E-state index contributed by atoms with van der Waals surface area (Å²) in [6.45, 7) is 1.04. The van der Waals surface area contributed by atoms with Gasteiger partial charge in [-0.2, -0.15) is 0 Å². The Morgan fingerprint density at radius 3 is 1.19 bits per heavy atom. The number of hydrogen-bond donors (Lipinski definition) is 4. The van der Waals surface area contributed by atoms with E-state index < -0.39 is 0 Å². The second-order valence-electron chi connectivity index (χ2n) is 7.80. The number of aromatic hydroxyl groups is 2. The lowest BCUT2D eigenvalue weighted by atomic mass is 9.92. The van der Waals surface area contributed by atoms with Crippen molar-refractivity contribution >= 4 is 0 Å². The molecule has 0 heterocycles. The highest BCUT2D eigenvalue weighted by atomic mass is 16.3. The van der Waals surface area contributed by atoms with Gasteiger partial charge in [-0.15, -0.1) is 0 Å². The van der Waals surface area contributed by atoms with Crippen LogP contribution in [0.4, 0.5) is 0 Å². The minimum atomic E-state index is -0.0657. The number of hydrogen-bond acceptors (Lipinski definition) is 4. The summed E-state index contributed by atoms with van der Waals surface area (Å²) < 4.78 is 0. The Hall–Kier alpha value is -3.60. The van der Waals surface area contributed by atoms with E-state index in [-0.39, 0.29) is 23.6 Å². The van der Waals surface area contributed by atoms with Gasteiger partial charge in [-0.1, -0.05) is 97.1 Å². The lowest BCUT2D eigenvalue weighted by molar-refractivity contribution is 0.373. The van der Waals surface area contributed by atoms with Crippen molar-refractivity contribution in [3.63, 3.8) is 0 Å². The van der Waals surface area contributed by atoms with Gasteiger partial charge in [-0.3, -0.25) is 0 Å².